The Morgan fingerprint density at radius 3 is 2.53 bits per heavy atom. The second-order valence-corrected chi connectivity index (χ2v) is 4.18. The second kappa shape index (κ2) is 5.21. The van der Waals surface area contributed by atoms with E-state index in [9.17, 15) is 0 Å². The predicted molar refractivity (Wildman–Crippen MR) is 71.3 cm³/mol. The third-order valence-corrected chi connectivity index (χ3v) is 2.89. The summed E-state index contributed by atoms with van der Waals surface area (Å²) < 4.78 is 5.24. The van der Waals surface area contributed by atoms with Crippen molar-refractivity contribution >= 4 is 11.6 Å². The van der Waals surface area contributed by atoms with E-state index in [-0.39, 0.29) is 0 Å². The van der Waals surface area contributed by atoms with Gasteiger partial charge < -0.3 is 10.5 Å². The first-order chi connectivity index (χ1) is 8.24. The van der Waals surface area contributed by atoms with Crippen molar-refractivity contribution in [3.05, 3.63) is 53.1 Å². The van der Waals surface area contributed by atoms with E-state index in [4.69, 9.17) is 22.1 Å². The quantitative estimate of drug-likeness (QED) is 0.901. The summed E-state index contributed by atoms with van der Waals surface area (Å²) in [6.07, 6.45) is 0. The van der Waals surface area contributed by atoms with E-state index >= 15 is 0 Å². The van der Waals surface area contributed by atoms with E-state index in [1.807, 2.05) is 42.5 Å². The largest absolute Gasteiger partial charge is 0.496 e. The lowest BCUT2D eigenvalue weighted by Crippen LogP contribution is -2.00. The molecule has 0 heterocycles. The third kappa shape index (κ3) is 2.60. The number of benzene rings is 2. The summed E-state index contributed by atoms with van der Waals surface area (Å²) >= 11 is 5.98. The van der Waals surface area contributed by atoms with Gasteiger partial charge in [-0.2, -0.15) is 0 Å². The van der Waals surface area contributed by atoms with Crippen molar-refractivity contribution in [2.75, 3.05) is 7.11 Å². The van der Waals surface area contributed by atoms with Crippen molar-refractivity contribution in [2.24, 2.45) is 5.73 Å². The molecule has 0 aliphatic carbocycles. The van der Waals surface area contributed by atoms with Crippen LogP contribution in [0.2, 0.25) is 5.02 Å². The number of halogens is 1. The fourth-order valence-electron chi connectivity index (χ4n) is 1.79. The van der Waals surface area contributed by atoms with Gasteiger partial charge in [0.05, 0.1) is 7.11 Å². The molecular formula is C14H14ClNO. The Labute approximate surface area is 106 Å². The van der Waals surface area contributed by atoms with Gasteiger partial charge in [0.1, 0.15) is 5.75 Å². The summed E-state index contributed by atoms with van der Waals surface area (Å²) in [5.74, 6) is 0.818. The maximum Gasteiger partial charge on any atom is 0.123 e. The first kappa shape index (κ1) is 12.0. The second-order valence-electron chi connectivity index (χ2n) is 3.74. The molecule has 0 bridgehead atoms. The summed E-state index contributed by atoms with van der Waals surface area (Å²) in [6.45, 7) is 0.456. The molecule has 0 fully saturated rings. The van der Waals surface area contributed by atoms with E-state index in [1.54, 1.807) is 7.11 Å². The predicted octanol–water partition coefficient (Wildman–Crippen LogP) is 3.47. The number of methoxy groups -OCH3 is 1. The Morgan fingerprint density at radius 2 is 1.88 bits per heavy atom. The first-order valence-corrected chi connectivity index (χ1v) is 5.75. The van der Waals surface area contributed by atoms with Gasteiger partial charge in [0.25, 0.3) is 0 Å². The van der Waals surface area contributed by atoms with Crippen molar-refractivity contribution < 1.29 is 4.74 Å². The highest BCUT2D eigenvalue weighted by Gasteiger charge is 2.04. The fourth-order valence-corrected chi connectivity index (χ4v) is 1.98. The summed E-state index contributed by atoms with van der Waals surface area (Å²) in [5.41, 5.74) is 8.86. The molecule has 17 heavy (non-hydrogen) atoms. The lowest BCUT2D eigenvalue weighted by atomic mass is 10.0. The molecule has 2 aromatic carbocycles. The molecule has 0 amide bonds. The minimum atomic E-state index is 0.456. The van der Waals surface area contributed by atoms with Crippen LogP contribution in [0.5, 0.6) is 5.75 Å². The molecule has 0 atom stereocenters. The van der Waals surface area contributed by atoms with Crippen molar-refractivity contribution in [3.8, 4) is 16.9 Å². The highest BCUT2D eigenvalue weighted by molar-refractivity contribution is 6.30. The van der Waals surface area contributed by atoms with Crippen LogP contribution in [0, 0.1) is 0 Å². The minimum Gasteiger partial charge on any atom is -0.496 e. The van der Waals surface area contributed by atoms with Gasteiger partial charge in [-0.25, -0.2) is 0 Å². The summed E-state index contributed by atoms with van der Waals surface area (Å²) in [6, 6.07) is 13.7. The molecule has 2 nitrogen and oxygen atoms in total. The van der Waals surface area contributed by atoms with Crippen LogP contribution in [0.25, 0.3) is 11.1 Å². The average Bonchev–Trinajstić information content (AvgIpc) is 2.38. The van der Waals surface area contributed by atoms with Gasteiger partial charge in [0, 0.05) is 17.1 Å². The molecular weight excluding hydrogens is 234 g/mol. The Bertz CT molecular complexity index is 525. The van der Waals surface area contributed by atoms with E-state index in [0.717, 1.165) is 27.5 Å². The molecule has 3 heteroatoms. The fraction of sp³-hybridized carbons (Fsp3) is 0.143. The average molecular weight is 248 g/mol. The molecule has 0 aromatic heterocycles. The van der Waals surface area contributed by atoms with Gasteiger partial charge in [-0.05, 0) is 35.4 Å². The Morgan fingerprint density at radius 1 is 1.12 bits per heavy atom. The highest BCUT2D eigenvalue weighted by Crippen LogP contribution is 2.27. The van der Waals surface area contributed by atoms with Crippen LogP contribution in [0.1, 0.15) is 5.56 Å². The summed E-state index contributed by atoms with van der Waals surface area (Å²) in [7, 11) is 1.65. The van der Waals surface area contributed by atoms with Gasteiger partial charge in [-0.1, -0.05) is 29.8 Å². The Kier molecular flexibility index (Phi) is 3.67. The topological polar surface area (TPSA) is 35.2 Å². The zero-order valence-corrected chi connectivity index (χ0v) is 10.4. The van der Waals surface area contributed by atoms with Crippen molar-refractivity contribution in [2.45, 2.75) is 6.54 Å². The number of rotatable bonds is 3. The van der Waals surface area contributed by atoms with Crippen LogP contribution < -0.4 is 10.5 Å². The van der Waals surface area contributed by atoms with Crippen LogP contribution >= 0.6 is 11.6 Å². The first-order valence-electron chi connectivity index (χ1n) is 5.37. The molecule has 88 valence electrons. The molecule has 0 radical (unpaired) electrons. The summed E-state index contributed by atoms with van der Waals surface area (Å²) in [4.78, 5) is 0. The molecule has 0 unspecified atom stereocenters. The maximum atomic E-state index is 5.98. The van der Waals surface area contributed by atoms with Gasteiger partial charge in [0.2, 0.25) is 0 Å². The van der Waals surface area contributed by atoms with Crippen LogP contribution in [-0.2, 0) is 6.54 Å². The van der Waals surface area contributed by atoms with Crippen LogP contribution in [-0.4, -0.2) is 7.11 Å². The van der Waals surface area contributed by atoms with Gasteiger partial charge >= 0.3 is 0 Å². The SMILES string of the molecule is COc1ccc(-c2cccc(Cl)c2)cc1CN. The van der Waals surface area contributed by atoms with Crippen LogP contribution in [0.15, 0.2) is 42.5 Å². The Hall–Kier alpha value is -1.51. The zero-order chi connectivity index (χ0) is 12.3. The molecule has 0 aliphatic heterocycles. The molecule has 2 aromatic rings. The highest BCUT2D eigenvalue weighted by atomic mass is 35.5. The van der Waals surface area contributed by atoms with Crippen LogP contribution in [0.3, 0.4) is 0 Å². The number of ether oxygens (including phenoxy) is 1. The molecule has 0 spiro atoms. The third-order valence-electron chi connectivity index (χ3n) is 2.66. The Balaban J connectivity index is 2.46. The van der Waals surface area contributed by atoms with E-state index in [1.165, 1.54) is 0 Å². The molecule has 2 N–H and O–H groups in total. The molecule has 0 saturated carbocycles. The number of hydrogen-bond donors (Lipinski definition) is 1. The van der Waals surface area contributed by atoms with E-state index in [2.05, 4.69) is 0 Å². The smallest absolute Gasteiger partial charge is 0.123 e. The normalized spacial score (nSPS) is 10.3. The number of nitrogens with two attached hydrogens (primary N) is 1. The van der Waals surface area contributed by atoms with E-state index < -0.39 is 0 Å². The lowest BCUT2D eigenvalue weighted by molar-refractivity contribution is 0.410. The van der Waals surface area contributed by atoms with Gasteiger partial charge in [-0.15, -0.1) is 0 Å². The maximum absolute atomic E-state index is 5.98. The molecule has 2 rings (SSSR count). The zero-order valence-electron chi connectivity index (χ0n) is 9.61. The van der Waals surface area contributed by atoms with Gasteiger partial charge in [-0.3, -0.25) is 0 Å². The van der Waals surface area contributed by atoms with Crippen molar-refractivity contribution in [1.82, 2.24) is 0 Å². The standard InChI is InChI=1S/C14H14ClNO/c1-17-14-6-5-11(7-12(14)9-16)10-3-2-4-13(15)8-10/h2-8H,9,16H2,1H3. The van der Waals surface area contributed by atoms with Crippen molar-refractivity contribution in [1.29, 1.82) is 0 Å². The van der Waals surface area contributed by atoms with Crippen LogP contribution in [0.4, 0.5) is 0 Å². The van der Waals surface area contributed by atoms with Gasteiger partial charge in [0.15, 0.2) is 0 Å². The molecule has 0 saturated heterocycles. The minimum absolute atomic E-state index is 0.456. The monoisotopic (exact) mass is 247 g/mol. The summed E-state index contributed by atoms with van der Waals surface area (Å²) in [5, 5.41) is 0.729. The van der Waals surface area contributed by atoms with E-state index in [0.29, 0.717) is 6.54 Å². The van der Waals surface area contributed by atoms with Crippen molar-refractivity contribution in [3.63, 3.8) is 0 Å². The molecule has 0 aliphatic rings. The number of hydrogen-bond acceptors (Lipinski definition) is 2. The lowest BCUT2D eigenvalue weighted by Gasteiger charge is -2.09.